The largest absolute Gasteiger partial charge is 0.494 e. The number of methoxy groups -OCH3 is 1. The predicted octanol–water partition coefficient (Wildman–Crippen LogP) is 2.95. The summed E-state index contributed by atoms with van der Waals surface area (Å²) in [4.78, 5) is 18.2. The lowest BCUT2D eigenvalue weighted by atomic mass is 10.2. The van der Waals surface area contributed by atoms with Crippen LogP contribution in [0.1, 0.15) is 27.2 Å². The Bertz CT molecular complexity index is 534. The van der Waals surface area contributed by atoms with Gasteiger partial charge in [0.2, 0.25) is 5.78 Å². The van der Waals surface area contributed by atoms with Crippen molar-refractivity contribution >= 4 is 17.1 Å². The van der Waals surface area contributed by atoms with Gasteiger partial charge in [-0.15, -0.1) is 11.3 Å². The number of aryl methyl sites for hydroxylation is 1. The van der Waals surface area contributed by atoms with Gasteiger partial charge in [0.15, 0.2) is 5.69 Å². The molecule has 0 radical (unpaired) electrons. The first-order chi connectivity index (χ1) is 8.26. The molecule has 0 saturated carbocycles. The number of ether oxygens (including phenoxy) is 1. The zero-order valence-corrected chi connectivity index (χ0v) is 10.6. The van der Waals surface area contributed by atoms with Crippen LogP contribution in [0.4, 0.5) is 0 Å². The second kappa shape index (κ2) is 5.10. The van der Waals surface area contributed by atoms with Crippen molar-refractivity contribution in [2.24, 2.45) is 0 Å². The van der Waals surface area contributed by atoms with Crippen LogP contribution in [0.2, 0.25) is 0 Å². The number of ketones is 1. The molecule has 0 spiro atoms. The van der Waals surface area contributed by atoms with Crippen LogP contribution >= 0.6 is 11.3 Å². The van der Waals surface area contributed by atoms with Crippen LogP contribution in [0.25, 0.3) is 0 Å². The molecule has 0 aliphatic carbocycles. The number of hydrogen-bond donors (Lipinski definition) is 0. The number of nitrogens with zero attached hydrogens (tertiary/aromatic N) is 1. The molecule has 17 heavy (non-hydrogen) atoms. The average molecular weight is 247 g/mol. The fraction of sp³-hybridized carbons (Fsp3) is 0.231. The Morgan fingerprint density at radius 3 is 2.88 bits per heavy atom. The summed E-state index contributed by atoms with van der Waals surface area (Å²) in [6.07, 6.45) is 2.54. The van der Waals surface area contributed by atoms with E-state index in [0.29, 0.717) is 16.3 Å². The van der Waals surface area contributed by atoms with E-state index in [2.05, 4.69) is 11.9 Å². The van der Waals surface area contributed by atoms with Crippen LogP contribution in [0.3, 0.4) is 0 Å². The summed E-state index contributed by atoms with van der Waals surface area (Å²) < 4.78 is 5.14. The van der Waals surface area contributed by atoms with Crippen molar-refractivity contribution in [1.29, 1.82) is 0 Å². The van der Waals surface area contributed by atoms with Gasteiger partial charge in [-0.3, -0.25) is 4.79 Å². The monoisotopic (exact) mass is 247 g/mol. The molecule has 0 amide bonds. The standard InChI is InChI=1S/C13H13NO2S/c1-3-9-6-7-11(17-9)13(15)12-10(16-2)5-4-8-14-12/h4-8H,3H2,1-2H3. The van der Waals surface area contributed by atoms with Crippen LogP contribution in [0.5, 0.6) is 5.75 Å². The van der Waals surface area contributed by atoms with E-state index in [1.807, 2.05) is 12.1 Å². The lowest BCUT2D eigenvalue weighted by Gasteiger charge is -2.04. The summed E-state index contributed by atoms with van der Waals surface area (Å²) in [5.41, 5.74) is 0.375. The first-order valence-electron chi connectivity index (χ1n) is 5.38. The number of pyridine rings is 1. The Morgan fingerprint density at radius 2 is 2.24 bits per heavy atom. The van der Waals surface area contributed by atoms with E-state index in [9.17, 15) is 4.79 Å². The molecule has 0 aliphatic rings. The number of hydrogen-bond acceptors (Lipinski definition) is 4. The fourth-order valence-corrected chi connectivity index (χ4v) is 2.42. The molecule has 0 fully saturated rings. The van der Waals surface area contributed by atoms with Gasteiger partial charge in [0, 0.05) is 11.1 Å². The maximum absolute atomic E-state index is 12.2. The summed E-state index contributed by atoms with van der Waals surface area (Å²) in [5.74, 6) is 0.441. The van der Waals surface area contributed by atoms with Crippen molar-refractivity contribution in [1.82, 2.24) is 4.98 Å². The summed E-state index contributed by atoms with van der Waals surface area (Å²) in [5, 5.41) is 0. The van der Waals surface area contributed by atoms with E-state index < -0.39 is 0 Å². The maximum atomic E-state index is 12.2. The molecule has 2 aromatic rings. The molecular weight excluding hydrogens is 234 g/mol. The van der Waals surface area contributed by atoms with Gasteiger partial charge in [0.25, 0.3) is 0 Å². The van der Waals surface area contributed by atoms with E-state index >= 15 is 0 Å². The normalized spacial score (nSPS) is 10.2. The Kier molecular flexibility index (Phi) is 3.54. The molecule has 0 bridgehead atoms. The van der Waals surface area contributed by atoms with Crippen LogP contribution in [0.15, 0.2) is 30.5 Å². The van der Waals surface area contributed by atoms with E-state index in [4.69, 9.17) is 4.74 Å². The summed E-state index contributed by atoms with van der Waals surface area (Å²) in [6.45, 7) is 2.07. The zero-order valence-electron chi connectivity index (χ0n) is 9.77. The molecule has 88 valence electrons. The Balaban J connectivity index is 2.36. The van der Waals surface area contributed by atoms with Gasteiger partial charge < -0.3 is 4.74 Å². The number of aromatic nitrogens is 1. The average Bonchev–Trinajstić information content (AvgIpc) is 2.86. The fourth-order valence-electron chi connectivity index (χ4n) is 1.53. The zero-order chi connectivity index (χ0) is 12.3. The molecule has 2 rings (SSSR count). The predicted molar refractivity (Wildman–Crippen MR) is 67.9 cm³/mol. The van der Waals surface area contributed by atoms with Crippen LogP contribution < -0.4 is 4.74 Å². The molecular formula is C13H13NO2S. The molecule has 4 heteroatoms. The highest BCUT2D eigenvalue weighted by Gasteiger charge is 2.17. The molecule has 0 atom stereocenters. The van der Waals surface area contributed by atoms with Gasteiger partial charge in [0.1, 0.15) is 5.75 Å². The first-order valence-corrected chi connectivity index (χ1v) is 6.20. The Morgan fingerprint density at radius 1 is 1.41 bits per heavy atom. The molecule has 0 aromatic carbocycles. The quantitative estimate of drug-likeness (QED) is 0.780. The van der Waals surface area contributed by atoms with Gasteiger partial charge >= 0.3 is 0 Å². The van der Waals surface area contributed by atoms with Crippen molar-refractivity contribution in [3.63, 3.8) is 0 Å². The summed E-state index contributed by atoms with van der Waals surface area (Å²) >= 11 is 1.51. The second-order valence-corrected chi connectivity index (χ2v) is 4.67. The van der Waals surface area contributed by atoms with Gasteiger partial charge in [-0.1, -0.05) is 6.92 Å². The minimum absolute atomic E-state index is 0.0767. The third kappa shape index (κ3) is 2.36. The van der Waals surface area contributed by atoms with Gasteiger partial charge in [0.05, 0.1) is 12.0 Å². The first kappa shape index (κ1) is 11.8. The SMILES string of the molecule is CCc1ccc(C(=O)c2ncccc2OC)s1. The van der Waals surface area contributed by atoms with Crippen molar-refractivity contribution in [2.75, 3.05) is 7.11 Å². The number of rotatable bonds is 4. The third-order valence-electron chi connectivity index (χ3n) is 2.44. The lowest BCUT2D eigenvalue weighted by molar-refractivity contribution is 0.103. The van der Waals surface area contributed by atoms with Gasteiger partial charge in [-0.05, 0) is 30.7 Å². The third-order valence-corrected chi connectivity index (χ3v) is 3.67. The minimum atomic E-state index is -0.0767. The van der Waals surface area contributed by atoms with Crippen molar-refractivity contribution < 1.29 is 9.53 Å². The van der Waals surface area contributed by atoms with Crippen LogP contribution in [0, 0.1) is 0 Å². The molecule has 0 N–H and O–H groups in total. The van der Waals surface area contributed by atoms with E-state index in [1.165, 1.54) is 16.2 Å². The molecule has 3 nitrogen and oxygen atoms in total. The molecule has 0 aliphatic heterocycles. The highest BCUT2D eigenvalue weighted by Crippen LogP contribution is 2.23. The smallest absolute Gasteiger partial charge is 0.225 e. The van der Waals surface area contributed by atoms with E-state index in [0.717, 1.165) is 6.42 Å². The summed E-state index contributed by atoms with van der Waals surface area (Å²) in [7, 11) is 1.54. The Labute approximate surface area is 104 Å². The number of carbonyl (C=O) groups excluding carboxylic acids is 1. The van der Waals surface area contributed by atoms with Gasteiger partial charge in [-0.2, -0.15) is 0 Å². The maximum Gasteiger partial charge on any atom is 0.225 e. The van der Waals surface area contributed by atoms with Gasteiger partial charge in [-0.25, -0.2) is 4.98 Å². The highest BCUT2D eigenvalue weighted by atomic mass is 32.1. The molecule has 2 heterocycles. The topological polar surface area (TPSA) is 39.2 Å². The van der Waals surface area contributed by atoms with Crippen molar-refractivity contribution in [3.05, 3.63) is 45.9 Å². The Hall–Kier alpha value is -1.68. The van der Waals surface area contributed by atoms with E-state index in [-0.39, 0.29) is 5.78 Å². The second-order valence-electron chi connectivity index (χ2n) is 3.50. The minimum Gasteiger partial charge on any atom is -0.494 e. The summed E-state index contributed by atoms with van der Waals surface area (Å²) in [6, 6.07) is 7.32. The lowest BCUT2D eigenvalue weighted by Crippen LogP contribution is -2.04. The van der Waals surface area contributed by atoms with Crippen molar-refractivity contribution in [2.45, 2.75) is 13.3 Å². The number of carbonyl (C=O) groups is 1. The van der Waals surface area contributed by atoms with Crippen molar-refractivity contribution in [3.8, 4) is 5.75 Å². The van der Waals surface area contributed by atoms with Crippen LogP contribution in [-0.2, 0) is 6.42 Å². The van der Waals surface area contributed by atoms with Crippen LogP contribution in [-0.4, -0.2) is 17.9 Å². The number of thiophene rings is 1. The molecule has 0 saturated heterocycles. The highest BCUT2D eigenvalue weighted by molar-refractivity contribution is 7.14. The van der Waals surface area contributed by atoms with E-state index in [1.54, 1.807) is 25.4 Å². The molecule has 0 unspecified atom stereocenters. The molecule has 2 aromatic heterocycles.